The van der Waals surface area contributed by atoms with Crippen molar-refractivity contribution in [3.8, 4) is 5.75 Å². The molecular weight excluding hydrogens is 282 g/mol. The highest BCUT2D eigenvalue weighted by molar-refractivity contribution is 7.85. The summed E-state index contributed by atoms with van der Waals surface area (Å²) >= 11 is 0. The number of anilines is 1. The fourth-order valence-electron chi connectivity index (χ4n) is 1.92. The number of ether oxygens (including phenoxy) is 1. The minimum atomic E-state index is -0.963. The van der Waals surface area contributed by atoms with Crippen LogP contribution in [-0.4, -0.2) is 16.6 Å². The number of hydrogen-bond donors (Lipinski definition) is 1. The Morgan fingerprint density at radius 2 is 1.76 bits per heavy atom. The number of rotatable bonds is 6. The van der Waals surface area contributed by atoms with Crippen molar-refractivity contribution in [2.24, 2.45) is 0 Å². The van der Waals surface area contributed by atoms with Gasteiger partial charge in [0.05, 0.1) is 17.4 Å². The van der Waals surface area contributed by atoms with Gasteiger partial charge in [-0.3, -0.25) is 4.21 Å². The van der Waals surface area contributed by atoms with E-state index in [1.807, 2.05) is 49.4 Å². The van der Waals surface area contributed by atoms with Crippen LogP contribution in [0.3, 0.4) is 0 Å². The van der Waals surface area contributed by atoms with E-state index < -0.39 is 10.8 Å². The van der Waals surface area contributed by atoms with Gasteiger partial charge in [0, 0.05) is 16.3 Å². The topological polar surface area (TPSA) is 52.3 Å². The van der Waals surface area contributed by atoms with E-state index in [2.05, 4.69) is 6.92 Å². The van der Waals surface area contributed by atoms with Gasteiger partial charge in [0.25, 0.3) is 0 Å². The van der Waals surface area contributed by atoms with Gasteiger partial charge >= 0.3 is 0 Å². The summed E-state index contributed by atoms with van der Waals surface area (Å²) in [7, 11) is -0.963. The monoisotopic (exact) mass is 303 g/mol. The molecule has 2 N–H and O–H groups in total. The van der Waals surface area contributed by atoms with Crippen LogP contribution >= 0.6 is 0 Å². The maximum Gasteiger partial charge on any atom is 0.119 e. The Hall–Kier alpha value is -1.81. The van der Waals surface area contributed by atoms with Crippen LogP contribution in [0.4, 0.5) is 5.69 Å². The van der Waals surface area contributed by atoms with Gasteiger partial charge < -0.3 is 10.5 Å². The molecule has 0 amide bonds. The zero-order valence-electron chi connectivity index (χ0n) is 12.5. The third-order valence-electron chi connectivity index (χ3n) is 3.36. The van der Waals surface area contributed by atoms with Crippen molar-refractivity contribution in [1.82, 2.24) is 0 Å². The van der Waals surface area contributed by atoms with Crippen LogP contribution in [0, 0.1) is 13.8 Å². The average molecular weight is 303 g/mol. The SMILES string of the molecule is Cc1ccc(S(=O)CCCOc2ccc(N)cc2)cc1C. The van der Waals surface area contributed by atoms with E-state index in [1.54, 1.807) is 0 Å². The van der Waals surface area contributed by atoms with Crippen LogP contribution in [-0.2, 0) is 10.8 Å². The average Bonchev–Trinajstić information content (AvgIpc) is 2.48. The quantitative estimate of drug-likeness (QED) is 0.657. The van der Waals surface area contributed by atoms with Crippen molar-refractivity contribution in [2.75, 3.05) is 18.1 Å². The predicted octanol–water partition coefficient (Wildman–Crippen LogP) is 3.46. The largest absolute Gasteiger partial charge is 0.494 e. The molecule has 0 saturated carbocycles. The second kappa shape index (κ2) is 7.27. The Morgan fingerprint density at radius 3 is 2.43 bits per heavy atom. The van der Waals surface area contributed by atoms with Gasteiger partial charge in [-0.05, 0) is 67.8 Å². The lowest BCUT2D eigenvalue weighted by Gasteiger charge is -2.07. The highest BCUT2D eigenvalue weighted by Gasteiger charge is 2.05. The van der Waals surface area contributed by atoms with Gasteiger partial charge in [0.15, 0.2) is 0 Å². The van der Waals surface area contributed by atoms with Crippen LogP contribution in [0.15, 0.2) is 47.4 Å². The van der Waals surface area contributed by atoms with E-state index in [0.29, 0.717) is 12.4 Å². The highest BCUT2D eigenvalue weighted by atomic mass is 32.2. The highest BCUT2D eigenvalue weighted by Crippen LogP contribution is 2.15. The van der Waals surface area contributed by atoms with E-state index in [9.17, 15) is 4.21 Å². The number of aryl methyl sites for hydroxylation is 2. The van der Waals surface area contributed by atoms with Crippen LogP contribution in [0.5, 0.6) is 5.75 Å². The fourth-order valence-corrected chi connectivity index (χ4v) is 3.06. The molecule has 0 spiro atoms. The van der Waals surface area contributed by atoms with Crippen LogP contribution < -0.4 is 10.5 Å². The third-order valence-corrected chi connectivity index (χ3v) is 4.80. The lowest BCUT2D eigenvalue weighted by molar-refractivity contribution is 0.318. The third kappa shape index (κ3) is 4.60. The number of nitrogen functional groups attached to an aromatic ring is 1. The maximum absolute atomic E-state index is 12.2. The summed E-state index contributed by atoms with van der Waals surface area (Å²) < 4.78 is 17.8. The summed E-state index contributed by atoms with van der Waals surface area (Å²) in [6.45, 7) is 4.66. The van der Waals surface area contributed by atoms with Gasteiger partial charge in [0.1, 0.15) is 5.75 Å². The summed E-state index contributed by atoms with van der Waals surface area (Å²) in [6, 6.07) is 13.3. The molecule has 21 heavy (non-hydrogen) atoms. The van der Waals surface area contributed by atoms with Crippen molar-refractivity contribution in [2.45, 2.75) is 25.2 Å². The molecule has 2 aromatic rings. The molecule has 112 valence electrons. The molecule has 0 radical (unpaired) electrons. The molecule has 0 aromatic heterocycles. The summed E-state index contributed by atoms with van der Waals surface area (Å²) in [6.07, 6.45) is 0.754. The molecular formula is C17H21NO2S. The molecule has 1 unspecified atom stereocenters. The Bertz CT molecular complexity index is 623. The molecule has 0 heterocycles. The second-order valence-electron chi connectivity index (χ2n) is 5.07. The first kappa shape index (κ1) is 15.6. The zero-order chi connectivity index (χ0) is 15.2. The first-order valence-corrected chi connectivity index (χ1v) is 8.32. The van der Waals surface area contributed by atoms with Crippen LogP contribution in [0.25, 0.3) is 0 Å². The normalized spacial score (nSPS) is 12.1. The molecule has 4 heteroatoms. The van der Waals surface area contributed by atoms with Gasteiger partial charge in [-0.1, -0.05) is 6.07 Å². The van der Waals surface area contributed by atoms with Gasteiger partial charge in [-0.25, -0.2) is 0 Å². The van der Waals surface area contributed by atoms with Crippen molar-refractivity contribution in [3.05, 3.63) is 53.6 Å². The maximum atomic E-state index is 12.2. The van der Waals surface area contributed by atoms with E-state index in [-0.39, 0.29) is 0 Å². The molecule has 0 saturated heterocycles. The molecule has 0 aliphatic heterocycles. The molecule has 0 bridgehead atoms. The smallest absolute Gasteiger partial charge is 0.119 e. The Kier molecular flexibility index (Phi) is 5.39. The van der Waals surface area contributed by atoms with Crippen LogP contribution in [0.2, 0.25) is 0 Å². The van der Waals surface area contributed by atoms with Gasteiger partial charge in [-0.2, -0.15) is 0 Å². The standard InChI is InChI=1S/C17H21NO2S/c1-13-4-9-17(12-14(13)2)21(19)11-3-10-20-16-7-5-15(18)6-8-16/h4-9,12H,3,10-11,18H2,1-2H3. The molecule has 1 atom stereocenters. The summed E-state index contributed by atoms with van der Waals surface area (Å²) in [4.78, 5) is 0.894. The summed E-state index contributed by atoms with van der Waals surface area (Å²) in [5.41, 5.74) is 8.74. The second-order valence-corrected chi connectivity index (χ2v) is 6.64. The lowest BCUT2D eigenvalue weighted by atomic mass is 10.1. The predicted molar refractivity (Wildman–Crippen MR) is 88.2 cm³/mol. The molecule has 0 fully saturated rings. The molecule has 2 aromatic carbocycles. The number of benzene rings is 2. The summed E-state index contributed by atoms with van der Waals surface area (Å²) in [5.74, 6) is 1.40. The Balaban J connectivity index is 1.79. The van der Waals surface area contributed by atoms with Gasteiger partial charge in [-0.15, -0.1) is 0 Å². The zero-order valence-corrected chi connectivity index (χ0v) is 13.3. The van der Waals surface area contributed by atoms with Gasteiger partial charge in [0.2, 0.25) is 0 Å². The van der Waals surface area contributed by atoms with Crippen molar-refractivity contribution >= 4 is 16.5 Å². The Morgan fingerprint density at radius 1 is 1.05 bits per heavy atom. The molecule has 3 nitrogen and oxygen atoms in total. The first-order chi connectivity index (χ1) is 10.1. The van der Waals surface area contributed by atoms with E-state index >= 15 is 0 Å². The van der Waals surface area contributed by atoms with E-state index in [1.165, 1.54) is 11.1 Å². The minimum absolute atomic E-state index is 0.556. The lowest BCUT2D eigenvalue weighted by Crippen LogP contribution is -2.05. The molecule has 0 aliphatic rings. The Labute approximate surface area is 128 Å². The molecule has 2 rings (SSSR count). The molecule has 0 aliphatic carbocycles. The van der Waals surface area contributed by atoms with Crippen LogP contribution in [0.1, 0.15) is 17.5 Å². The number of nitrogens with two attached hydrogens (primary N) is 1. The fraction of sp³-hybridized carbons (Fsp3) is 0.294. The minimum Gasteiger partial charge on any atom is -0.494 e. The van der Waals surface area contributed by atoms with Crippen molar-refractivity contribution < 1.29 is 8.95 Å². The number of hydrogen-bond acceptors (Lipinski definition) is 3. The van der Waals surface area contributed by atoms with Crippen molar-refractivity contribution in [1.29, 1.82) is 0 Å². The first-order valence-electron chi connectivity index (χ1n) is 7.00. The van der Waals surface area contributed by atoms with E-state index in [4.69, 9.17) is 10.5 Å². The van der Waals surface area contributed by atoms with E-state index in [0.717, 1.165) is 22.8 Å². The van der Waals surface area contributed by atoms with Crippen molar-refractivity contribution in [3.63, 3.8) is 0 Å². The summed E-state index contributed by atoms with van der Waals surface area (Å²) in [5, 5.41) is 0.